The summed E-state index contributed by atoms with van der Waals surface area (Å²) < 4.78 is 25.5. The molecule has 2 aliphatic heterocycles. The third-order valence-corrected chi connectivity index (χ3v) is 4.25. The first kappa shape index (κ1) is 15.7. The number of morpholine rings is 1. The first-order valence-corrected chi connectivity index (χ1v) is 7.65. The summed E-state index contributed by atoms with van der Waals surface area (Å²) in [6.45, 7) is 3.58. The van der Waals surface area contributed by atoms with E-state index in [2.05, 4.69) is 5.32 Å². The van der Waals surface area contributed by atoms with E-state index < -0.39 is 11.4 Å². The van der Waals surface area contributed by atoms with E-state index in [4.69, 9.17) is 21.1 Å². The van der Waals surface area contributed by atoms with Crippen molar-refractivity contribution in [3.63, 3.8) is 0 Å². The Hall–Kier alpha value is -1.21. The van der Waals surface area contributed by atoms with E-state index in [1.165, 1.54) is 12.1 Å². The Kier molecular flexibility index (Phi) is 4.63. The fourth-order valence-corrected chi connectivity index (χ4v) is 3.00. The van der Waals surface area contributed by atoms with Gasteiger partial charge in [0, 0.05) is 19.6 Å². The number of carbonyl (C=O) groups is 1. The first-order chi connectivity index (χ1) is 10.6. The minimum atomic E-state index is -0.676. The van der Waals surface area contributed by atoms with E-state index in [9.17, 15) is 9.18 Å². The van der Waals surface area contributed by atoms with Crippen molar-refractivity contribution in [2.75, 3.05) is 46.0 Å². The SMILES string of the molecule is O=C(c1cccc(Cl)c1F)N1CCO[C@@]2(CNCCOC2)C1. The van der Waals surface area contributed by atoms with Gasteiger partial charge in [-0.1, -0.05) is 17.7 Å². The summed E-state index contributed by atoms with van der Waals surface area (Å²) >= 11 is 5.76. The van der Waals surface area contributed by atoms with Crippen LogP contribution in [0.1, 0.15) is 10.4 Å². The van der Waals surface area contributed by atoms with Gasteiger partial charge in [0.25, 0.3) is 5.91 Å². The van der Waals surface area contributed by atoms with E-state index >= 15 is 0 Å². The third-order valence-electron chi connectivity index (χ3n) is 3.95. The van der Waals surface area contributed by atoms with Crippen molar-refractivity contribution in [1.82, 2.24) is 10.2 Å². The van der Waals surface area contributed by atoms with Gasteiger partial charge >= 0.3 is 0 Å². The maximum absolute atomic E-state index is 14.1. The summed E-state index contributed by atoms with van der Waals surface area (Å²) in [6.07, 6.45) is 0. The predicted molar refractivity (Wildman–Crippen MR) is 79.7 cm³/mol. The number of hydrogen-bond donors (Lipinski definition) is 1. The zero-order valence-electron chi connectivity index (χ0n) is 12.1. The highest BCUT2D eigenvalue weighted by atomic mass is 35.5. The fraction of sp³-hybridized carbons (Fsp3) is 0.533. The van der Waals surface area contributed by atoms with Crippen LogP contribution in [-0.2, 0) is 9.47 Å². The molecule has 1 aromatic carbocycles. The molecule has 0 aliphatic carbocycles. The zero-order chi connectivity index (χ0) is 15.6. The lowest BCUT2D eigenvalue weighted by Gasteiger charge is -2.41. The number of carbonyl (C=O) groups excluding carboxylic acids is 1. The minimum Gasteiger partial charge on any atom is -0.377 e. The van der Waals surface area contributed by atoms with Crippen LogP contribution in [0.25, 0.3) is 0 Å². The molecule has 2 aliphatic rings. The molecular weight excluding hydrogens is 311 g/mol. The standard InChI is InChI=1S/C15H18ClFN2O3/c16-12-3-1-2-11(13(12)17)14(20)19-5-7-22-15(9-19)8-18-4-6-21-10-15/h1-3,18H,4-10H2/t15-/m0/s1. The molecule has 2 heterocycles. The molecule has 0 aromatic heterocycles. The average molecular weight is 329 g/mol. The monoisotopic (exact) mass is 328 g/mol. The van der Waals surface area contributed by atoms with Crippen molar-refractivity contribution in [2.24, 2.45) is 0 Å². The molecule has 0 unspecified atom stereocenters. The maximum Gasteiger partial charge on any atom is 0.257 e. The summed E-state index contributed by atoms with van der Waals surface area (Å²) in [5.74, 6) is -1.04. The number of hydrogen-bond acceptors (Lipinski definition) is 4. The molecule has 22 heavy (non-hydrogen) atoms. The Balaban J connectivity index is 1.79. The van der Waals surface area contributed by atoms with Crippen LogP contribution < -0.4 is 5.32 Å². The molecule has 1 amide bonds. The number of nitrogens with one attached hydrogen (secondary N) is 1. The maximum atomic E-state index is 14.1. The van der Waals surface area contributed by atoms with Crippen LogP contribution in [0.2, 0.25) is 5.02 Å². The van der Waals surface area contributed by atoms with Crippen molar-refractivity contribution < 1.29 is 18.7 Å². The average Bonchev–Trinajstić information content (AvgIpc) is 2.75. The zero-order valence-corrected chi connectivity index (χ0v) is 12.9. The van der Waals surface area contributed by atoms with Gasteiger partial charge in [0.05, 0.1) is 37.0 Å². The normalized spacial score (nSPS) is 26.0. The van der Waals surface area contributed by atoms with E-state index in [0.717, 1.165) is 6.54 Å². The molecule has 5 nitrogen and oxygen atoms in total. The van der Waals surface area contributed by atoms with E-state index in [1.807, 2.05) is 0 Å². The van der Waals surface area contributed by atoms with Gasteiger partial charge in [-0.3, -0.25) is 4.79 Å². The molecule has 1 spiro atoms. The van der Waals surface area contributed by atoms with Gasteiger partial charge in [0.15, 0.2) is 5.82 Å². The second kappa shape index (κ2) is 6.50. The lowest BCUT2D eigenvalue weighted by Crippen LogP contribution is -2.59. The van der Waals surface area contributed by atoms with Crippen molar-refractivity contribution >= 4 is 17.5 Å². The molecule has 1 aromatic rings. The molecule has 2 fully saturated rings. The summed E-state index contributed by atoms with van der Waals surface area (Å²) in [5, 5.41) is 3.20. The Morgan fingerprint density at radius 2 is 2.27 bits per heavy atom. The van der Waals surface area contributed by atoms with Crippen LogP contribution in [-0.4, -0.2) is 62.4 Å². The van der Waals surface area contributed by atoms with Gasteiger partial charge in [-0.25, -0.2) is 4.39 Å². The Morgan fingerprint density at radius 3 is 3.14 bits per heavy atom. The Morgan fingerprint density at radius 1 is 1.41 bits per heavy atom. The van der Waals surface area contributed by atoms with Gasteiger partial charge in [-0.05, 0) is 12.1 Å². The highest BCUT2D eigenvalue weighted by Crippen LogP contribution is 2.24. The quantitative estimate of drug-likeness (QED) is 0.844. The summed E-state index contributed by atoms with van der Waals surface area (Å²) in [6, 6.07) is 4.45. The first-order valence-electron chi connectivity index (χ1n) is 7.27. The van der Waals surface area contributed by atoms with Crippen LogP contribution >= 0.6 is 11.6 Å². The molecular formula is C15H18ClFN2O3. The lowest BCUT2D eigenvalue weighted by atomic mass is 10.0. The van der Waals surface area contributed by atoms with E-state index in [-0.39, 0.29) is 16.5 Å². The van der Waals surface area contributed by atoms with Crippen molar-refractivity contribution in [2.45, 2.75) is 5.60 Å². The topological polar surface area (TPSA) is 50.8 Å². The number of halogens is 2. The molecule has 0 radical (unpaired) electrons. The summed E-state index contributed by atoms with van der Waals surface area (Å²) in [7, 11) is 0. The minimum absolute atomic E-state index is 0.00736. The smallest absolute Gasteiger partial charge is 0.257 e. The van der Waals surface area contributed by atoms with Crippen LogP contribution in [0.15, 0.2) is 18.2 Å². The number of rotatable bonds is 1. The van der Waals surface area contributed by atoms with Gasteiger partial charge in [-0.2, -0.15) is 0 Å². The van der Waals surface area contributed by atoms with E-state index in [0.29, 0.717) is 39.5 Å². The van der Waals surface area contributed by atoms with Crippen LogP contribution in [0.3, 0.4) is 0 Å². The highest BCUT2D eigenvalue weighted by Gasteiger charge is 2.40. The summed E-state index contributed by atoms with van der Waals surface area (Å²) in [5.41, 5.74) is -0.577. The second-order valence-corrected chi connectivity index (χ2v) is 6.00. The van der Waals surface area contributed by atoms with Crippen molar-refractivity contribution in [3.8, 4) is 0 Å². The van der Waals surface area contributed by atoms with Crippen LogP contribution in [0.5, 0.6) is 0 Å². The third kappa shape index (κ3) is 3.10. The van der Waals surface area contributed by atoms with Gasteiger partial charge in [0.2, 0.25) is 0 Å². The molecule has 3 rings (SSSR count). The van der Waals surface area contributed by atoms with Gasteiger partial charge in [0.1, 0.15) is 5.60 Å². The van der Waals surface area contributed by atoms with Gasteiger partial charge in [-0.15, -0.1) is 0 Å². The summed E-state index contributed by atoms with van der Waals surface area (Å²) in [4.78, 5) is 14.2. The highest BCUT2D eigenvalue weighted by molar-refractivity contribution is 6.31. The molecule has 0 saturated carbocycles. The molecule has 7 heteroatoms. The number of nitrogens with zero attached hydrogens (tertiary/aromatic N) is 1. The second-order valence-electron chi connectivity index (χ2n) is 5.59. The van der Waals surface area contributed by atoms with Crippen molar-refractivity contribution in [3.05, 3.63) is 34.6 Å². The molecule has 1 atom stereocenters. The molecule has 1 N–H and O–H groups in total. The Bertz CT molecular complexity index is 562. The van der Waals surface area contributed by atoms with Gasteiger partial charge < -0.3 is 19.7 Å². The lowest BCUT2D eigenvalue weighted by molar-refractivity contribution is -0.125. The predicted octanol–water partition coefficient (Wildman–Crippen LogP) is 1.31. The molecule has 2 saturated heterocycles. The number of amides is 1. The largest absolute Gasteiger partial charge is 0.377 e. The molecule has 120 valence electrons. The van der Waals surface area contributed by atoms with Crippen LogP contribution in [0.4, 0.5) is 4.39 Å². The number of ether oxygens (including phenoxy) is 2. The van der Waals surface area contributed by atoms with Crippen molar-refractivity contribution in [1.29, 1.82) is 0 Å². The fourth-order valence-electron chi connectivity index (χ4n) is 2.82. The van der Waals surface area contributed by atoms with Crippen LogP contribution in [0, 0.1) is 5.82 Å². The number of benzene rings is 1. The Labute approximate surface area is 133 Å². The molecule has 0 bridgehead atoms. The van der Waals surface area contributed by atoms with E-state index in [1.54, 1.807) is 11.0 Å².